The van der Waals surface area contributed by atoms with Crippen LogP contribution in [0.1, 0.15) is 17.8 Å². The Morgan fingerprint density at radius 3 is 2.68 bits per heavy atom. The fourth-order valence-corrected chi connectivity index (χ4v) is 1.99. The van der Waals surface area contributed by atoms with E-state index in [0.29, 0.717) is 12.3 Å². The average Bonchev–Trinajstić information content (AvgIpc) is 2.88. The molecule has 0 amide bonds. The summed E-state index contributed by atoms with van der Waals surface area (Å²) in [5, 5.41) is 3.19. The smallest absolute Gasteiger partial charge is 0.197 e. The highest BCUT2D eigenvalue weighted by Gasteiger charge is 2.16. The highest BCUT2D eigenvalue weighted by Crippen LogP contribution is 2.19. The van der Waals surface area contributed by atoms with E-state index < -0.39 is 0 Å². The van der Waals surface area contributed by atoms with E-state index in [1.54, 1.807) is 18.5 Å². The van der Waals surface area contributed by atoms with E-state index in [4.69, 9.17) is 4.42 Å². The van der Waals surface area contributed by atoms with Gasteiger partial charge in [0.15, 0.2) is 11.5 Å². The Kier molecular flexibility index (Phi) is 3.20. The number of hydrogen-bond acceptors (Lipinski definition) is 5. The first-order chi connectivity index (χ1) is 9.36. The summed E-state index contributed by atoms with van der Waals surface area (Å²) in [5.41, 5.74) is 1.68. The molecular weight excluding hydrogens is 240 g/mol. The third-order valence-electron chi connectivity index (χ3n) is 2.96. The summed E-state index contributed by atoms with van der Waals surface area (Å²) >= 11 is 0. The first-order valence-electron chi connectivity index (χ1n) is 6.15. The number of benzene rings is 1. The second-order valence-electron chi connectivity index (χ2n) is 4.23. The van der Waals surface area contributed by atoms with Crippen molar-refractivity contribution in [2.24, 2.45) is 0 Å². The van der Waals surface area contributed by atoms with Gasteiger partial charge in [-0.1, -0.05) is 12.1 Å². The molecular formula is C14H14N4O. The summed E-state index contributed by atoms with van der Waals surface area (Å²) in [4.78, 5) is 13.0. The lowest BCUT2D eigenvalue weighted by Gasteiger charge is -2.11. The van der Waals surface area contributed by atoms with E-state index in [1.807, 2.05) is 31.3 Å². The zero-order valence-corrected chi connectivity index (χ0v) is 10.6. The number of hydrogen-bond donors (Lipinski definition) is 1. The predicted octanol–water partition coefficient (Wildman–Crippen LogP) is 2.12. The Labute approximate surface area is 110 Å². The molecule has 0 fully saturated rings. The Hall–Kier alpha value is -2.27. The van der Waals surface area contributed by atoms with Crippen molar-refractivity contribution in [3.63, 3.8) is 0 Å². The van der Waals surface area contributed by atoms with Crippen LogP contribution in [0.4, 0.5) is 0 Å². The fourth-order valence-electron chi connectivity index (χ4n) is 1.99. The van der Waals surface area contributed by atoms with Crippen molar-refractivity contribution in [1.82, 2.24) is 20.3 Å². The second kappa shape index (κ2) is 5.16. The minimum Gasteiger partial charge on any atom is -0.441 e. The summed E-state index contributed by atoms with van der Waals surface area (Å²) < 4.78 is 5.72. The van der Waals surface area contributed by atoms with Crippen LogP contribution in [-0.2, 0) is 6.42 Å². The molecule has 1 atom stereocenters. The van der Waals surface area contributed by atoms with Gasteiger partial charge >= 0.3 is 0 Å². The van der Waals surface area contributed by atoms with Crippen LogP contribution in [0.3, 0.4) is 0 Å². The summed E-state index contributed by atoms with van der Waals surface area (Å²) in [6.07, 6.45) is 4.09. The molecule has 3 aromatic rings. The van der Waals surface area contributed by atoms with Crippen molar-refractivity contribution >= 4 is 11.1 Å². The molecule has 1 N–H and O–H groups in total. The van der Waals surface area contributed by atoms with E-state index in [9.17, 15) is 0 Å². The van der Waals surface area contributed by atoms with E-state index in [2.05, 4.69) is 20.3 Å². The maximum atomic E-state index is 5.72. The molecule has 3 rings (SSSR count). The van der Waals surface area contributed by atoms with Crippen molar-refractivity contribution in [3.05, 3.63) is 54.4 Å². The molecule has 0 saturated carbocycles. The molecule has 2 aromatic heterocycles. The number of likely N-dealkylation sites (N-methyl/N-ethyl adjacent to an activating group) is 1. The third-order valence-corrected chi connectivity index (χ3v) is 2.96. The molecule has 0 saturated heterocycles. The molecule has 0 aliphatic rings. The second-order valence-corrected chi connectivity index (χ2v) is 4.23. The van der Waals surface area contributed by atoms with Gasteiger partial charge in [-0.2, -0.15) is 0 Å². The van der Waals surface area contributed by atoms with Crippen molar-refractivity contribution in [2.75, 3.05) is 7.05 Å². The first-order valence-corrected chi connectivity index (χ1v) is 6.15. The first kappa shape index (κ1) is 11.8. The summed E-state index contributed by atoms with van der Waals surface area (Å²) in [7, 11) is 1.88. The van der Waals surface area contributed by atoms with Crippen molar-refractivity contribution < 1.29 is 4.42 Å². The number of nitrogens with zero attached hydrogens (tertiary/aromatic N) is 3. The molecule has 19 heavy (non-hydrogen) atoms. The minimum absolute atomic E-state index is 0.00531. The van der Waals surface area contributed by atoms with Gasteiger partial charge in [-0.15, -0.1) is 0 Å². The predicted molar refractivity (Wildman–Crippen MR) is 71.5 cm³/mol. The molecule has 0 radical (unpaired) electrons. The Balaban J connectivity index is 1.86. The summed E-state index contributed by atoms with van der Waals surface area (Å²) in [6.45, 7) is 0. The molecule has 1 unspecified atom stereocenters. The molecule has 1 aromatic carbocycles. The van der Waals surface area contributed by atoms with Gasteiger partial charge in [-0.3, -0.25) is 0 Å². The van der Waals surface area contributed by atoms with Gasteiger partial charge in [0.2, 0.25) is 0 Å². The fraction of sp³-hybridized carbons (Fsp3) is 0.214. The number of rotatable bonds is 4. The van der Waals surface area contributed by atoms with E-state index in [0.717, 1.165) is 16.9 Å². The molecule has 0 bridgehead atoms. The maximum Gasteiger partial charge on any atom is 0.197 e. The summed E-state index contributed by atoms with van der Waals surface area (Å²) in [5.74, 6) is 1.43. The van der Waals surface area contributed by atoms with Crippen LogP contribution >= 0.6 is 0 Å². The molecule has 0 aliphatic heterocycles. The maximum absolute atomic E-state index is 5.72. The highest BCUT2D eigenvalue weighted by atomic mass is 16.3. The van der Waals surface area contributed by atoms with Crippen molar-refractivity contribution in [2.45, 2.75) is 12.5 Å². The molecule has 2 heterocycles. The zero-order chi connectivity index (χ0) is 13.1. The van der Waals surface area contributed by atoms with Crippen LogP contribution in [0.5, 0.6) is 0 Å². The van der Waals surface area contributed by atoms with Gasteiger partial charge in [-0.05, 0) is 25.2 Å². The Morgan fingerprint density at radius 2 is 1.95 bits per heavy atom. The van der Waals surface area contributed by atoms with E-state index in [1.165, 1.54) is 0 Å². The highest BCUT2D eigenvalue weighted by molar-refractivity contribution is 5.72. The minimum atomic E-state index is -0.00531. The molecule has 0 aliphatic carbocycles. The normalized spacial score (nSPS) is 12.7. The Bertz CT molecular complexity index is 632. The van der Waals surface area contributed by atoms with Gasteiger partial charge in [0.05, 0.1) is 6.04 Å². The Morgan fingerprint density at radius 1 is 1.16 bits per heavy atom. The van der Waals surface area contributed by atoms with Gasteiger partial charge in [-0.25, -0.2) is 15.0 Å². The molecule has 96 valence electrons. The zero-order valence-electron chi connectivity index (χ0n) is 10.6. The van der Waals surface area contributed by atoms with E-state index >= 15 is 0 Å². The number of para-hydroxylation sites is 2. The topological polar surface area (TPSA) is 63.8 Å². The van der Waals surface area contributed by atoms with Gasteiger partial charge in [0.25, 0.3) is 0 Å². The van der Waals surface area contributed by atoms with Crippen molar-refractivity contribution in [1.29, 1.82) is 0 Å². The largest absolute Gasteiger partial charge is 0.441 e. The van der Waals surface area contributed by atoms with E-state index in [-0.39, 0.29) is 6.04 Å². The van der Waals surface area contributed by atoms with Crippen LogP contribution in [0.25, 0.3) is 11.1 Å². The molecule has 5 heteroatoms. The monoisotopic (exact) mass is 254 g/mol. The van der Waals surface area contributed by atoms with Gasteiger partial charge < -0.3 is 9.73 Å². The molecule has 0 spiro atoms. The van der Waals surface area contributed by atoms with Gasteiger partial charge in [0, 0.05) is 18.8 Å². The lowest BCUT2D eigenvalue weighted by atomic mass is 10.2. The van der Waals surface area contributed by atoms with Gasteiger partial charge in [0.1, 0.15) is 11.3 Å². The summed E-state index contributed by atoms with van der Waals surface area (Å²) in [6, 6.07) is 9.54. The van der Waals surface area contributed by atoms with Crippen LogP contribution in [0.15, 0.2) is 47.1 Å². The lowest BCUT2D eigenvalue weighted by molar-refractivity contribution is 0.461. The number of fused-ring (bicyclic) bond motifs is 1. The quantitative estimate of drug-likeness (QED) is 0.772. The average molecular weight is 254 g/mol. The standard InChI is InChI=1S/C14H14N4O/c1-15-11(14-16-7-4-8-17-14)9-13-18-10-5-2-3-6-12(10)19-13/h2-8,11,15H,9H2,1H3. The SMILES string of the molecule is CNC(Cc1nc2ccccc2o1)c1ncccn1. The van der Waals surface area contributed by atoms with Crippen LogP contribution in [0, 0.1) is 0 Å². The van der Waals surface area contributed by atoms with Crippen LogP contribution in [-0.4, -0.2) is 22.0 Å². The lowest BCUT2D eigenvalue weighted by Crippen LogP contribution is -2.21. The van der Waals surface area contributed by atoms with Crippen LogP contribution < -0.4 is 5.32 Å². The number of nitrogens with one attached hydrogen (secondary N) is 1. The molecule has 5 nitrogen and oxygen atoms in total. The number of oxazole rings is 1. The number of aromatic nitrogens is 3. The van der Waals surface area contributed by atoms with Crippen molar-refractivity contribution in [3.8, 4) is 0 Å². The van der Waals surface area contributed by atoms with Crippen LogP contribution in [0.2, 0.25) is 0 Å². The third kappa shape index (κ3) is 2.46.